The van der Waals surface area contributed by atoms with E-state index in [9.17, 15) is 0 Å². The average Bonchev–Trinajstić information content (AvgIpc) is 2.01. The van der Waals surface area contributed by atoms with Crippen LogP contribution in [0.15, 0.2) is 12.7 Å². The van der Waals surface area contributed by atoms with Gasteiger partial charge in [-0.2, -0.15) is 0 Å². The molecule has 4 heteroatoms. The molecule has 3 nitrogen and oxygen atoms in total. The normalized spacial score (nSPS) is 11.5. The number of hydrogen-bond donors (Lipinski definition) is 0. The summed E-state index contributed by atoms with van der Waals surface area (Å²) in [5, 5.41) is 0.698. The van der Waals surface area contributed by atoms with Crippen LogP contribution in [0.2, 0.25) is 5.25 Å². The molecule has 0 amide bonds. The van der Waals surface area contributed by atoms with Crippen molar-refractivity contribution in [3.05, 3.63) is 12.7 Å². The molecule has 0 bridgehead atoms. The molecule has 0 aliphatic heterocycles. The zero-order valence-corrected chi connectivity index (χ0v) is 8.81. The van der Waals surface area contributed by atoms with Crippen LogP contribution in [0.4, 0.5) is 0 Å². The third kappa shape index (κ3) is 2.42. The van der Waals surface area contributed by atoms with E-state index in [0.717, 1.165) is 0 Å². The molecule has 0 rings (SSSR count). The van der Waals surface area contributed by atoms with Crippen molar-refractivity contribution in [2.75, 3.05) is 21.3 Å². The second-order valence-electron chi connectivity index (χ2n) is 1.79. The topological polar surface area (TPSA) is 27.7 Å². The van der Waals surface area contributed by atoms with Crippen molar-refractivity contribution in [3.8, 4) is 0 Å². The van der Waals surface area contributed by atoms with Crippen LogP contribution in [-0.2, 0) is 11.3 Å². The van der Waals surface area contributed by atoms with Gasteiger partial charge in [0.1, 0.15) is 0 Å². The Bertz CT molecular complexity index is 92.9. The van der Waals surface area contributed by atoms with Gasteiger partial charge in [0.25, 0.3) is 0 Å². The number of hydrogen-bond acceptors (Lipinski definition) is 3. The second-order valence-corrected chi connectivity index (χ2v) is 8.08. The van der Waals surface area contributed by atoms with Gasteiger partial charge in [0.15, 0.2) is 0 Å². The monoisotopic (exact) mass is 208 g/mol. The van der Waals surface area contributed by atoms with Crippen LogP contribution >= 0.6 is 0 Å². The molecule has 0 atom stereocenters. The Balaban J connectivity index is 4.00. The Morgan fingerprint density at radius 3 is 1.70 bits per heavy atom. The van der Waals surface area contributed by atoms with E-state index >= 15 is 0 Å². The van der Waals surface area contributed by atoms with Gasteiger partial charge in [-0.3, -0.25) is 0 Å². The quantitative estimate of drug-likeness (QED) is 0.497. The van der Waals surface area contributed by atoms with E-state index in [0.29, 0.717) is 5.25 Å². The van der Waals surface area contributed by atoms with Gasteiger partial charge in [0, 0.05) is 0 Å². The predicted octanol–water partition coefficient (Wildman–Crippen LogP) is 1.05. The first-order valence-corrected chi connectivity index (χ1v) is 7.06. The van der Waals surface area contributed by atoms with Gasteiger partial charge in [-0.05, 0) is 0 Å². The first kappa shape index (κ1) is 10.2. The van der Waals surface area contributed by atoms with Crippen molar-refractivity contribution in [1.29, 1.82) is 0 Å². The molecule has 0 spiro atoms. The molecular weight excluding hydrogens is 193 g/mol. The Morgan fingerprint density at radius 1 is 1.20 bits per heavy atom. The first-order valence-electron chi connectivity index (χ1n) is 3.01. The summed E-state index contributed by atoms with van der Waals surface area (Å²) in [6, 6.07) is 0. The second kappa shape index (κ2) is 4.90. The van der Waals surface area contributed by atoms with Crippen LogP contribution in [0.5, 0.6) is 0 Å². The van der Waals surface area contributed by atoms with Crippen LogP contribution < -0.4 is 0 Å². The Kier molecular flexibility index (Phi) is 4.98. The maximum absolute atomic E-state index is 5.15. The van der Waals surface area contributed by atoms with Crippen LogP contribution in [0, 0.1) is 0 Å². The van der Waals surface area contributed by atoms with Crippen LogP contribution in [-0.4, -0.2) is 35.6 Å². The fourth-order valence-corrected chi connectivity index (χ4v) is 3.52. The summed E-state index contributed by atoms with van der Waals surface area (Å²) in [6.45, 7) is 3.60. The minimum absolute atomic E-state index is 0.698. The van der Waals surface area contributed by atoms with Crippen LogP contribution in [0.3, 0.4) is 0 Å². The molecule has 0 aromatic carbocycles. The van der Waals surface area contributed by atoms with E-state index in [1.165, 1.54) is 0 Å². The van der Waals surface area contributed by atoms with E-state index < -0.39 is 14.3 Å². The van der Waals surface area contributed by atoms with Gasteiger partial charge >= 0.3 is 64.8 Å². The molecule has 0 fully saturated rings. The molecule has 0 saturated heterocycles. The zero-order valence-electron chi connectivity index (χ0n) is 6.72. The SMILES string of the molecule is C=C[CH2][Ge]([O]C)([O]C)[O]C. The molecule has 0 saturated carbocycles. The van der Waals surface area contributed by atoms with Crippen LogP contribution in [0.25, 0.3) is 0 Å². The molecule has 0 aromatic rings. The summed E-state index contributed by atoms with van der Waals surface area (Å²) in [4.78, 5) is 0. The standard InChI is InChI=1S/C6H14GeO3/c1-5-6-7(8-2,9-3)10-4/h5H,1,6H2,2-4H3. The molecule has 0 heterocycles. The summed E-state index contributed by atoms with van der Waals surface area (Å²) < 4.78 is 15.4. The predicted molar refractivity (Wildman–Crippen MR) is 41.8 cm³/mol. The van der Waals surface area contributed by atoms with Gasteiger partial charge < -0.3 is 0 Å². The summed E-state index contributed by atoms with van der Waals surface area (Å²) in [5.74, 6) is 0. The zero-order chi connectivity index (χ0) is 8.04. The number of allylic oxidation sites excluding steroid dienone is 1. The average molecular weight is 207 g/mol. The molecule has 0 radical (unpaired) electrons. The Morgan fingerprint density at radius 2 is 1.60 bits per heavy atom. The maximum atomic E-state index is 5.15. The van der Waals surface area contributed by atoms with E-state index in [1.807, 2.05) is 0 Å². The van der Waals surface area contributed by atoms with Gasteiger partial charge in [-0.1, -0.05) is 0 Å². The summed E-state index contributed by atoms with van der Waals surface area (Å²) in [5.41, 5.74) is 0. The van der Waals surface area contributed by atoms with Crippen molar-refractivity contribution in [2.24, 2.45) is 0 Å². The fraction of sp³-hybridized carbons (Fsp3) is 0.667. The fourth-order valence-electron chi connectivity index (χ4n) is 0.677. The molecular formula is C6H14GeO3. The van der Waals surface area contributed by atoms with Crippen molar-refractivity contribution >= 4 is 14.3 Å². The van der Waals surface area contributed by atoms with Crippen molar-refractivity contribution in [2.45, 2.75) is 5.25 Å². The van der Waals surface area contributed by atoms with Crippen LogP contribution in [0.1, 0.15) is 0 Å². The van der Waals surface area contributed by atoms with E-state index in [-0.39, 0.29) is 0 Å². The summed E-state index contributed by atoms with van der Waals surface area (Å²) >= 11 is -2.82. The molecule has 0 N–H and O–H groups in total. The molecule has 0 aliphatic rings. The molecule has 0 aliphatic carbocycles. The van der Waals surface area contributed by atoms with E-state index in [4.69, 9.17) is 11.3 Å². The van der Waals surface area contributed by atoms with Crippen molar-refractivity contribution in [1.82, 2.24) is 0 Å². The Labute approximate surface area is 65.4 Å². The first-order chi connectivity index (χ1) is 4.74. The molecule has 60 valence electrons. The van der Waals surface area contributed by atoms with Gasteiger partial charge in [-0.25, -0.2) is 0 Å². The van der Waals surface area contributed by atoms with Gasteiger partial charge in [-0.15, -0.1) is 0 Å². The number of rotatable bonds is 5. The van der Waals surface area contributed by atoms with E-state index in [2.05, 4.69) is 6.58 Å². The summed E-state index contributed by atoms with van der Waals surface area (Å²) in [6.07, 6.45) is 1.76. The van der Waals surface area contributed by atoms with Crippen molar-refractivity contribution < 1.29 is 11.3 Å². The molecule has 0 aromatic heterocycles. The van der Waals surface area contributed by atoms with E-state index in [1.54, 1.807) is 27.4 Å². The van der Waals surface area contributed by atoms with Crippen molar-refractivity contribution in [3.63, 3.8) is 0 Å². The third-order valence-corrected chi connectivity index (χ3v) is 6.90. The Hall–Kier alpha value is 0.163. The summed E-state index contributed by atoms with van der Waals surface area (Å²) in [7, 11) is 4.82. The molecule has 10 heavy (non-hydrogen) atoms. The minimum atomic E-state index is -2.82. The third-order valence-electron chi connectivity index (χ3n) is 1.33. The molecule has 0 unspecified atom stereocenters. The van der Waals surface area contributed by atoms with Gasteiger partial charge in [0.05, 0.1) is 0 Å². The van der Waals surface area contributed by atoms with Gasteiger partial charge in [0.2, 0.25) is 0 Å².